The summed E-state index contributed by atoms with van der Waals surface area (Å²) in [7, 11) is 0. The largest absolute Gasteiger partial charge is 0.318 e. The first kappa shape index (κ1) is 19.0. The summed E-state index contributed by atoms with van der Waals surface area (Å²) in [5.74, 6) is 0. The van der Waals surface area contributed by atoms with Crippen molar-refractivity contribution in [2.24, 2.45) is 0 Å². The Kier molecular flexibility index (Phi) is 5.76. The Morgan fingerprint density at radius 3 is 2.35 bits per heavy atom. The van der Waals surface area contributed by atoms with Gasteiger partial charge in [0.15, 0.2) is 0 Å². The van der Waals surface area contributed by atoms with Gasteiger partial charge in [-0.1, -0.05) is 29.3 Å². The third kappa shape index (κ3) is 3.83. The number of nitriles is 1. The maximum atomic E-state index is 9.61. The van der Waals surface area contributed by atoms with Crippen molar-refractivity contribution in [3.63, 3.8) is 0 Å². The van der Waals surface area contributed by atoms with Crippen molar-refractivity contribution >= 4 is 57.4 Å². The van der Waals surface area contributed by atoms with Gasteiger partial charge in [-0.3, -0.25) is 0 Å². The zero-order valence-corrected chi connectivity index (χ0v) is 17.9. The lowest BCUT2D eigenvalue weighted by atomic mass is 10.0. The molecule has 0 aliphatic carbocycles. The number of rotatable bonds is 3. The Labute approximate surface area is 176 Å². The summed E-state index contributed by atoms with van der Waals surface area (Å²) in [5.41, 5.74) is 5.60. The molecular weight excluding hydrogens is 478 g/mol. The van der Waals surface area contributed by atoms with E-state index in [-0.39, 0.29) is 0 Å². The smallest absolute Gasteiger partial charge is 0.0998 e. The quantitative estimate of drug-likeness (QED) is 0.284. The van der Waals surface area contributed by atoms with E-state index in [1.54, 1.807) is 12.1 Å². The van der Waals surface area contributed by atoms with Gasteiger partial charge in [0, 0.05) is 20.6 Å². The highest BCUT2D eigenvalue weighted by Gasteiger charge is 2.11. The summed E-state index contributed by atoms with van der Waals surface area (Å²) in [6.45, 7) is 4.12. The van der Waals surface area contributed by atoms with Crippen molar-refractivity contribution in [2.75, 3.05) is 0 Å². The fourth-order valence-electron chi connectivity index (χ4n) is 2.92. The molecule has 0 aliphatic heterocycles. The minimum Gasteiger partial charge on any atom is -0.318 e. The molecule has 0 atom stereocenters. The summed E-state index contributed by atoms with van der Waals surface area (Å²) in [6.07, 6.45) is 1.89. The molecule has 1 aromatic heterocycles. The van der Waals surface area contributed by atoms with E-state index in [9.17, 15) is 5.26 Å². The van der Waals surface area contributed by atoms with Crippen molar-refractivity contribution < 1.29 is 0 Å². The maximum absolute atomic E-state index is 9.61. The summed E-state index contributed by atoms with van der Waals surface area (Å²) in [4.78, 5) is 0. The zero-order chi connectivity index (χ0) is 18.8. The number of aryl methyl sites for hydroxylation is 1. The standard InChI is InChI=1S/C21H15Cl2IN2/c1-13-9-16(14(2)26(13)19-6-4-18(24)5-7-19)10-17(12-25)15-3-8-20(22)21(23)11-15/h3-11H,1-2H3/b17-10-. The van der Waals surface area contributed by atoms with Gasteiger partial charge in [0.05, 0.1) is 21.7 Å². The van der Waals surface area contributed by atoms with Crippen molar-refractivity contribution in [3.8, 4) is 11.8 Å². The third-order valence-electron chi connectivity index (χ3n) is 4.21. The molecule has 26 heavy (non-hydrogen) atoms. The third-order valence-corrected chi connectivity index (χ3v) is 5.66. The molecule has 2 nitrogen and oxygen atoms in total. The lowest BCUT2D eigenvalue weighted by Gasteiger charge is -2.10. The van der Waals surface area contributed by atoms with Crippen LogP contribution < -0.4 is 0 Å². The Bertz CT molecular complexity index is 1040. The Balaban J connectivity index is 2.08. The van der Waals surface area contributed by atoms with Crippen LogP contribution in [0.5, 0.6) is 0 Å². The van der Waals surface area contributed by atoms with Crippen LogP contribution in [0, 0.1) is 28.7 Å². The average molecular weight is 493 g/mol. The van der Waals surface area contributed by atoms with Gasteiger partial charge in [-0.25, -0.2) is 0 Å². The second-order valence-electron chi connectivity index (χ2n) is 5.94. The Hall–Kier alpha value is -1.74. The minimum absolute atomic E-state index is 0.440. The highest BCUT2D eigenvalue weighted by molar-refractivity contribution is 14.1. The molecule has 0 N–H and O–H groups in total. The highest BCUT2D eigenvalue weighted by Crippen LogP contribution is 2.29. The van der Waals surface area contributed by atoms with Gasteiger partial charge in [0.25, 0.3) is 0 Å². The number of halogens is 3. The molecule has 0 fully saturated rings. The van der Waals surface area contributed by atoms with Crippen LogP contribution in [0.1, 0.15) is 22.5 Å². The van der Waals surface area contributed by atoms with Gasteiger partial charge in [0.2, 0.25) is 0 Å². The van der Waals surface area contributed by atoms with Crippen molar-refractivity contribution in [1.82, 2.24) is 4.57 Å². The lowest BCUT2D eigenvalue weighted by molar-refractivity contribution is 0.964. The van der Waals surface area contributed by atoms with E-state index in [0.717, 1.165) is 28.2 Å². The topological polar surface area (TPSA) is 28.7 Å². The van der Waals surface area contributed by atoms with E-state index < -0.39 is 0 Å². The molecule has 3 aromatic rings. The van der Waals surface area contributed by atoms with Gasteiger partial charge in [-0.05, 0) is 96.1 Å². The van der Waals surface area contributed by atoms with E-state index >= 15 is 0 Å². The monoisotopic (exact) mass is 492 g/mol. The van der Waals surface area contributed by atoms with E-state index in [4.69, 9.17) is 23.2 Å². The number of hydrogen-bond donors (Lipinski definition) is 0. The van der Waals surface area contributed by atoms with Gasteiger partial charge in [-0.15, -0.1) is 0 Å². The number of aromatic nitrogens is 1. The second kappa shape index (κ2) is 7.87. The van der Waals surface area contributed by atoms with E-state index in [1.165, 1.54) is 3.57 Å². The zero-order valence-electron chi connectivity index (χ0n) is 14.2. The molecule has 0 spiro atoms. The van der Waals surface area contributed by atoms with Gasteiger partial charge >= 0.3 is 0 Å². The van der Waals surface area contributed by atoms with Crippen molar-refractivity contribution in [2.45, 2.75) is 13.8 Å². The van der Waals surface area contributed by atoms with E-state index in [2.05, 4.69) is 77.4 Å². The predicted molar refractivity (Wildman–Crippen MR) is 118 cm³/mol. The SMILES string of the molecule is Cc1cc(/C=C(/C#N)c2ccc(Cl)c(Cl)c2)c(C)n1-c1ccc(I)cc1. The summed E-state index contributed by atoms with van der Waals surface area (Å²) >= 11 is 14.4. The molecule has 0 amide bonds. The number of nitrogens with zero attached hydrogens (tertiary/aromatic N) is 2. The summed E-state index contributed by atoms with van der Waals surface area (Å²) < 4.78 is 3.38. The molecular formula is C21H15Cl2IN2. The molecule has 130 valence electrons. The average Bonchev–Trinajstić information content (AvgIpc) is 2.90. The van der Waals surface area contributed by atoms with Crippen LogP contribution in [0.3, 0.4) is 0 Å². The van der Waals surface area contributed by atoms with Gasteiger partial charge in [-0.2, -0.15) is 5.26 Å². The fraction of sp³-hybridized carbons (Fsp3) is 0.0952. The first-order chi connectivity index (χ1) is 12.4. The molecule has 0 saturated heterocycles. The molecule has 0 aliphatic rings. The Morgan fingerprint density at radius 2 is 1.73 bits per heavy atom. The van der Waals surface area contributed by atoms with E-state index in [0.29, 0.717) is 15.6 Å². The second-order valence-corrected chi connectivity index (χ2v) is 8.00. The van der Waals surface area contributed by atoms with Crippen LogP contribution in [-0.4, -0.2) is 4.57 Å². The molecule has 1 heterocycles. The van der Waals surface area contributed by atoms with Crippen LogP contribution in [0.4, 0.5) is 0 Å². The lowest BCUT2D eigenvalue weighted by Crippen LogP contribution is -1.98. The van der Waals surface area contributed by atoms with Crippen LogP contribution >= 0.6 is 45.8 Å². The number of hydrogen-bond acceptors (Lipinski definition) is 1. The molecule has 0 radical (unpaired) electrons. The molecule has 2 aromatic carbocycles. The minimum atomic E-state index is 0.440. The number of allylic oxidation sites excluding steroid dienone is 1. The van der Waals surface area contributed by atoms with Crippen molar-refractivity contribution in [3.05, 3.63) is 84.7 Å². The molecule has 0 saturated carbocycles. The fourth-order valence-corrected chi connectivity index (χ4v) is 3.58. The van der Waals surface area contributed by atoms with Crippen LogP contribution in [0.2, 0.25) is 10.0 Å². The van der Waals surface area contributed by atoms with Crippen LogP contribution in [-0.2, 0) is 0 Å². The summed E-state index contributed by atoms with van der Waals surface area (Å²) in [5, 5.41) is 10.5. The predicted octanol–water partition coefficient (Wildman–Crippen LogP) is 7.07. The number of benzene rings is 2. The molecule has 0 bridgehead atoms. The van der Waals surface area contributed by atoms with Gasteiger partial charge in [0.1, 0.15) is 0 Å². The maximum Gasteiger partial charge on any atom is 0.0998 e. The normalized spacial score (nSPS) is 11.5. The molecule has 5 heteroatoms. The highest BCUT2D eigenvalue weighted by atomic mass is 127. The van der Waals surface area contributed by atoms with E-state index in [1.807, 2.05) is 12.1 Å². The van der Waals surface area contributed by atoms with Gasteiger partial charge < -0.3 is 4.57 Å². The Morgan fingerprint density at radius 1 is 1.04 bits per heavy atom. The molecule has 0 unspecified atom stereocenters. The summed E-state index contributed by atoms with van der Waals surface area (Å²) in [6, 6.07) is 17.9. The van der Waals surface area contributed by atoms with Crippen LogP contribution in [0.25, 0.3) is 17.3 Å². The van der Waals surface area contributed by atoms with Crippen molar-refractivity contribution in [1.29, 1.82) is 5.26 Å². The van der Waals surface area contributed by atoms with Crippen LogP contribution in [0.15, 0.2) is 48.5 Å². The first-order valence-corrected chi connectivity index (χ1v) is 9.76. The molecule has 3 rings (SSSR count). The first-order valence-electron chi connectivity index (χ1n) is 7.93.